The van der Waals surface area contributed by atoms with Gasteiger partial charge in [-0.2, -0.15) is 0 Å². The standard InChI is InChI=1S/C46H43N2OSi.C11H7FN.Ir/c1-29(2)39-26-34(33-22-20-32(21-23-33)31-14-9-8-10-15-31)27-40(30(3)4)44(39)48-42-19-12-11-18-41(42)47-46(48)38-17-13-16-37-36-25-24-35(50(5,6)7)28-43(36)49-45(37)38;12-10-6-4-9(5-7-10)11-3-1-2-8-13-11;/h8-16,18-30H,1-7H3;1-4,6-8H;/q2*-1;. The van der Waals surface area contributed by atoms with Crippen LogP contribution in [0.4, 0.5) is 4.39 Å². The maximum atomic E-state index is 12.6. The van der Waals surface area contributed by atoms with Crippen LogP contribution in [-0.2, 0) is 20.1 Å². The zero-order chi connectivity index (χ0) is 43.8. The number of nitrogens with zero attached hydrogens (tertiary/aromatic N) is 3. The van der Waals surface area contributed by atoms with E-state index in [9.17, 15) is 4.39 Å². The molecule has 0 aliphatic carbocycles. The molecule has 0 saturated heterocycles. The number of imidazole rings is 1. The van der Waals surface area contributed by atoms with Crippen molar-refractivity contribution in [2.75, 3.05) is 0 Å². The number of para-hydroxylation sites is 2. The predicted molar refractivity (Wildman–Crippen MR) is 263 cm³/mol. The molecular formula is C57H50FIrN3OSi-2. The van der Waals surface area contributed by atoms with Crippen molar-refractivity contribution in [3.05, 3.63) is 193 Å². The molecule has 0 atom stereocenters. The summed E-state index contributed by atoms with van der Waals surface area (Å²) < 4.78 is 21.7. The number of pyridine rings is 1. The minimum Gasteiger partial charge on any atom is -0.501 e. The van der Waals surface area contributed by atoms with E-state index in [4.69, 9.17) is 9.40 Å². The summed E-state index contributed by atoms with van der Waals surface area (Å²) in [5.41, 5.74) is 15.0. The molecule has 0 bridgehead atoms. The number of furan rings is 1. The second-order valence-electron chi connectivity index (χ2n) is 17.8. The van der Waals surface area contributed by atoms with Gasteiger partial charge in [0.15, 0.2) is 0 Å². The molecular weight excluding hydrogens is 982 g/mol. The topological polar surface area (TPSA) is 43.9 Å². The molecule has 10 aromatic rings. The number of hydrogen-bond acceptors (Lipinski definition) is 3. The SMILES string of the molecule is CC(C)c1cc(-c2ccc(-c3ccccc3)cc2)cc(C(C)C)c1-n1c(-c2[c-]ccc3c2oc2cc([Si](C)(C)C)ccc23)nc2ccccc21.Fc1c[c-]c(-c2ccccn2)cc1.[Ir]. The largest absolute Gasteiger partial charge is 0.501 e. The van der Waals surface area contributed by atoms with Gasteiger partial charge in [-0.05, 0) is 87.3 Å². The van der Waals surface area contributed by atoms with E-state index in [1.165, 1.54) is 56.4 Å². The van der Waals surface area contributed by atoms with Crippen LogP contribution in [0.15, 0.2) is 168 Å². The van der Waals surface area contributed by atoms with Gasteiger partial charge in [-0.1, -0.05) is 154 Å². The molecule has 0 aliphatic rings. The van der Waals surface area contributed by atoms with E-state index in [1.54, 1.807) is 12.3 Å². The smallest absolute Gasteiger partial charge is 0.120 e. The minimum atomic E-state index is -1.52. The van der Waals surface area contributed by atoms with E-state index in [1.807, 2.05) is 24.3 Å². The van der Waals surface area contributed by atoms with Gasteiger partial charge in [-0.3, -0.25) is 9.37 Å². The van der Waals surface area contributed by atoms with E-state index in [-0.39, 0.29) is 37.8 Å². The van der Waals surface area contributed by atoms with Crippen LogP contribution in [0.5, 0.6) is 0 Å². The number of fused-ring (bicyclic) bond motifs is 4. The fraction of sp³-hybridized carbons (Fsp3) is 0.158. The Morgan fingerprint density at radius 3 is 1.94 bits per heavy atom. The van der Waals surface area contributed by atoms with Crippen LogP contribution < -0.4 is 5.19 Å². The number of halogens is 1. The maximum Gasteiger partial charge on any atom is 0.120 e. The van der Waals surface area contributed by atoms with Crippen molar-refractivity contribution in [1.29, 1.82) is 0 Å². The monoisotopic (exact) mass is 1030 g/mol. The van der Waals surface area contributed by atoms with Crippen molar-refractivity contribution in [3.63, 3.8) is 0 Å². The molecule has 64 heavy (non-hydrogen) atoms. The Balaban J connectivity index is 0.000000343. The Bertz CT molecular complexity index is 3180. The summed E-state index contributed by atoms with van der Waals surface area (Å²) >= 11 is 0. The first-order valence-corrected chi connectivity index (χ1v) is 25.2. The van der Waals surface area contributed by atoms with Crippen LogP contribution in [-0.4, -0.2) is 22.6 Å². The number of hydrogen-bond donors (Lipinski definition) is 0. The molecule has 321 valence electrons. The summed E-state index contributed by atoms with van der Waals surface area (Å²) in [6, 6.07) is 60.2. The molecule has 0 aliphatic heterocycles. The summed E-state index contributed by atoms with van der Waals surface area (Å²) in [4.78, 5) is 9.46. The van der Waals surface area contributed by atoms with E-state index in [2.05, 4.69) is 184 Å². The fourth-order valence-electron chi connectivity index (χ4n) is 8.35. The third-order valence-electron chi connectivity index (χ3n) is 11.8. The average molecular weight is 1030 g/mol. The average Bonchev–Trinajstić information content (AvgIpc) is 3.88. The normalized spacial score (nSPS) is 11.6. The van der Waals surface area contributed by atoms with Gasteiger partial charge < -0.3 is 14.0 Å². The van der Waals surface area contributed by atoms with Crippen molar-refractivity contribution in [3.8, 4) is 50.6 Å². The van der Waals surface area contributed by atoms with Crippen LogP contribution in [0, 0.1) is 17.9 Å². The second-order valence-corrected chi connectivity index (χ2v) is 22.9. The number of rotatable bonds is 8. The second kappa shape index (κ2) is 18.5. The third-order valence-corrected chi connectivity index (χ3v) is 13.8. The van der Waals surface area contributed by atoms with E-state index >= 15 is 0 Å². The van der Waals surface area contributed by atoms with Crippen LogP contribution in [0.25, 0.3) is 83.6 Å². The van der Waals surface area contributed by atoms with Crippen molar-refractivity contribution < 1.29 is 28.9 Å². The van der Waals surface area contributed by atoms with E-state index in [0.29, 0.717) is 0 Å². The maximum absolute atomic E-state index is 12.6. The molecule has 0 fully saturated rings. The van der Waals surface area contributed by atoms with Crippen LogP contribution in [0.1, 0.15) is 50.7 Å². The van der Waals surface area contributed by atoms with Gasteiger partial charge in [0.25, 0.3) is 0 Å². The first-order chi connectivity index (χ1) is 30.4. The summed E-state index contributed by atoms with van der Waals surface area (Å²) in [5, 5.41) is 3.62. The molecule has 10 rings (SSSR count). The molecule has 1 radical (unpaired) electrons. The van der Waals surface area contributed by atoms with Crippen LogP contribution >= 0.6 is 0 Å². The molecule has 7 heteroatoms. The van der Waals surface area contributed by atoms with Gasteiger partial charge >= 0.3 is 0 Å². The zero-order valence-corrected chi connectivity index (χ0v) is 40.6. The predicted octanol–water partition coefficient (Wildman–Crippen LogP) is 15.2. The number of aromatic nitrogens is 3. The summed E-state index contributed by atoms with van der Waals surface area (Å²) in [6.45, 7) is 16.3. The van der Waals surface area contributed by atoms with Gasteiger partial charge in [0.05, 0.1) is 30.5 Å². The van der Waals surface area contributed by atoms with Gasteiger partial charge in [-0.25, -0.2) is 0 Å². The van der Waals surface area contributed by atoms with Crippen molar-refractivity contribution >= 4 is 46.2 Å². The van der Waals surface area contributed by atoms with Crippen molar-refractivity contribution in [2.45, 2.75) is 59.2 Å². The zero-order valence-electron chi connectivity index (χ0n) is 37.2. The minimum absolute atomic E-state index is 0. The third kappa shape index (κ3) is 8.81. The summed E-state index contributed by atoms with van der Waals surface area (Å²) in [7, 11) is -1.52. The van der Waals surface area contributed by atoms with Crippen LogP contribution in [0.2, 0.25) is 19.6 Å². The Morgan fingerprint density at radius 1 is 0.641 bits per heavy atom. The molecule has 0 saturated carbocycles. The van der Waals surface area contributed by atoms with Gasteiger partial charge in [-0.15, -0.1) is 48.0 Å². The molecule has 4 nitrogen and oxygen atoms in total. The first-order valence-electron chi connectivity index (χ1n) is 21.7. The van der Waals surface area contributed by atoms with E-state index in [0.717, 1.165) is 55.6 Å². The molecule has 0 spiro atoms. The van der Waals surface area contributed by atoms with Crippen LogP contribution in [0.3, 0.4) is 0 Å². The molecule has 0 amide bonds. The summed E-state index contributed by atoms with van der Waals surface area (Å²) in [5.74, 6) is 1.11. The van der Waals surface area contributed by atoms with Crippen molar-refractivity contribution in [2.24, 2.45) is 0 Å². The molecule has 3 heterocycles. The van der Waals surface area contributed by atoms with Crippen molar-refractivity contribution in [1.82, 2.24) is 14.5 Å². The van der Waals surface area contributed by atoms with Gasteiger partial charge in [0.2, 0.25) is 0 Å². The Hall–Kier alpha value is -6.24. The number of benzene rings is 7. The Morgan fingerprint density at radius 2 is 1.30 bits per heavy atom. The van der Waals surface area contributed by atoms with Gasteiger partial charge in [0.1, 0.15) is 5.58 Å². The Labute approximate surface area is 390 Å². The molecule has 7 aromatic carbocycles. The summed E-state index contributed by atoms with van der Waals surface area (Å²) in [6.07, 6.45) is 1.70. The van der Waals surface area contributed by atoms with Gasteiger partial charge in [0, 0.05) is 43.2 Å². The molecule has 0 unspecified atom stereocenters. The quantitative estimate of drug-likeness (QED) is 0.113. The van der Waals surface area contributed by atoms with E-state index < -0.39 is 8.07 Å². The molecule has 3 aromatic heterocycles. The first kappa shape index (κ1) is 44.4. The molecule has 0 N–H and O–H groups in total. The Kier molecular flexibility index (Phi) is 12.8. The fourth-order valence-corrected chi connectivity index (χ4v) is 9.50.